The Morgan fingerprint density at radius 2 is 2.09 bits per heavy atom. The van der Waals surface area contributed by atoms with Crippen LogP contribution in [0.25, 0.3) is 16.8 Å². The Hall–Kier alpha value is -4.15. The number of aryl methyl sites for hydroxylation is 3. The van der Waals surface area contributed by atoms with Crippen LogP contribution in [-0.2, 0) is 7.05 Å². The topological polar surface area (TPSA) is 123 Å². The molecule has 1 saturated heterocycles. The van der Waals surface area contributed by atoms with E-state index in [0.717, 1.165) is 28.9 Å². The zero-order valence-corrected chi connectivity index (χ0v) is 18.6. The first-order chi connectivity index (χ1) is 15.9. The molecule has 4 aromatic rings. The average molecular weight is 448 g/mol. The number of carboxylic acid groups (broad SMARTS) is 1. The Balaban J connectivity index is 1.38. The summed E-state index contributed by atoms with van der Waals surface area (Å²) in [6, 6.07) is 7.63. The van der Waals surface area contributed by atoms with Gasteiger partial charge in [0.15, 0.2) is 11.6 Å². The van der Waals surface area contributed by atoms with Crippen molar-refractivity contribution in [3.63, 3.8) is 0 Å². The molecule has 0 aromatic carbocycles. The summed E-state index contributed by atoms with van der Waals surface area (Å²) < 4.78 is 9.51. The van der Waals surface area contributed by atoms with Gasteiger partial charge in [0.25, 0.3) is 0 Å². The summed E-state index contributed by atoms with van der Waals surface area (Å²) in [6.45, 7) is 4.62. The molecule has 1 aliphatic rings. The van der Waals surface area contributed by atoms with Gasteiger partial charge in [-0.25, -0.2) is 19.3 Å². The Morgan fingerprint density at radius 3 is 2.82 bits per heavy atom. The number of likely N-dealkylation sites (tertiary alicyclic amines) is 1. The number of amides is 1. The number of rotatable bonds is 6. The van der Waals surface area contributed by atoms with E-state index >= 15 is 0 Å². The van der Waals surface area contributed by atoms with Crippen LogP contribution in [0, 0.1) is 13.8 Å². The van der Waals surface area contributed by atoms with E-state index in [4.69, 9.17) is 4.74 Å². The number of nitrogens with zero attached hydrogens (tertiary/aromatic N) is 7. The van der Waals surface area contributed by atoms with Crippen LogP contribution in [0.5, 0.6) is 5.75 Å². The number of aromatic nitrogens is 6. The van der Waals surface area contributed by atoms with Gasteiger partial charge in [0.05, 0.1) is 17.8 Å². The monoisotopic (exact) mass is 448 g/mol. The van der Waals surface area contributed by atoms with Crippen molar-refractivity contribution < 1.29 is 14.6 Å². The molecule has 170 valence electrons. The minimum Gasteiger partial charge on any atom is -0.487 e. The van der Waals surface area contributed by atoms with E-state index in [9.17, 15) is 9.90 Å². The first kappa shape index (κ1) is 20.7. The van der Waals surface area contributed by atoms with Gasteiger partial charge in [0, 0.05) is 43.2 Å². The second-order valence-electron chi connectivity index (χ2n) is 8.09. The number of anilines is 2. The molecule has 0 bridgehead atoms. The molecular formula is C22H24N8O3. The molecule has 0 radical (unpaired) electrons. The van der Waals surface area contributed by atoms with E-state index in [1.54, 1.807) is 15.4 Å². The number of hydrogen-bond donors (Lipinski definition) is 2. The van der Waals surface area contributed by atoms with Crippen LogP contribution in [0.4, 0.5) is 16.4 Å². The molecule has 4 aromatic heterocycles. The fourth-order valence-corrected chi connectivity index (χ4v) is 4.02. The molecule has 0 unspecified atom stereocenters. The van der Waals surface area contributed by atoms with Crippen LogP contribution in [-0.4, -0.2) is 64.7 Å². The van der Waals surface area contributed by atoms with E-state index in [1.165, 1.54) is 4.90 Å². The minimum atomic E-state index is -0.913. The molecule has 0 aliphatic carbocycles. The van der Waals surface area contributed by atoms with Crippen molar-refractivity contribution in [2.75, 3.05) is 18.5 Å². The number of pyridine rings is 1. The van der Waals surface area contributed by atoms with Crippen molar-refractivity contribution in [2.24, 2.45) is 7.05 Å². The number of hydrogen-bond acceptors (Lipinski definition) is 7. The highest BCUT2D eigenvalue weighted by atomic mass is 16.5. The molecule has 1 amide bonds. The van der Waals surface area contributed by atoms with Crippen LogP contribution in [0.15, 0.2) is 36.7 Å². The highest BCUT2D eigenvalue weighted by Gasteiger charge is 2.32. The highest BCUT2D eigenvalue weighted by Crippen LogP contribution is 2.31. The lowest BCUT2D eigenvalue weighted by atomic mass is 10.1. The summed E-state index contributed by atoms with van der Waals surface area (Å²) in [4.78, 5) is 21.3. The molecule has 11 nitrogen and oxygen atoms in total. The standard InChI is InChI=1S/C22H24N8O3/c1-13-8-19(25-14(2)24-13)26-20-10-17-9-15(4-7-30(17)27-20)21-18(11-23-28(21)3)33-12-16-5-6-29(16)22(31)32/h4,7-11,16H,5-6,12H2,1-3H3,(H,31,32)(H,24,25,26,27)/t16-/m1/s1. The van der Waals surface area contributed by atoms with Gasteiger partial charge in [-0.05, 0) is 32.4 Å². The summed E-state index contributed by atoms with van der Waals surface area (Å²) in [5.41, 5.74) is 3.51. The second kappa shape index (κ2) is 8.08. The summed E-state index contributed by atoms with van der Waals surface area (Å²) in [6.07, 6.45) is 3.42. The van der Waals surface area contributed by atoms with Crippen molar-refractivity contribution in [1.29, 1.82) is 0 Å². The molecule has 5 heterocycles. The van der Waals surface area contributed by atoms with Crippen molar-refractivity contribution >= 4 is 23.2 Å². The van der Waals surface area contributed by atoms with Gasteiger partial charge < -0.3 is 20.1 Å². The number of fused-ring (bicyclic) bond motifs is 1. The maximum atomic E-state index is 11.2. The average Bonchev–Trinajstić information content (AvgIpc) is 3.27. The van der Waals surface area contributed by atoms with Crippen LogP contribution in [0.3, 0.4) is 0 Å². The Morgan fingerprint density at radius 1 is 1.24 bits per heavy atom. The zero-order chi connectivity index (χ0) is 23.1. The fraction of sp³-hybridized carbons (Fsp3) is 0.318. The Labute approximate surface area is 189 Å². The van der Waals surface area contributed by atoms with Crippen LogP contribution < -0.4 is 10.1 Å². The summed E-state index contributed by atoms with van der Waals surface area (Å²) in [5, 5.41) is 21.3. The lowest BCUT2D eigenvalue weighted by Gasteiger charge is -2.38. The normalized spacial score (nSPS) is 15.5. The maximum absolute atomic E-state index is 11.2. The van der Waals surface area contributed by atoms with Gasteiger partial charge in [-0.1, -0.05) is 0 Å². The Bertz CT molecular complexity index is 1320. The summed E-state index contributed by atoms with van der Waals surface area (Å²) in [7, 11) is 1.85. The number of ether oxygens (including phenoxy) is 1. The molecule has 5 rings (SSSR count). The largest absolute Gasteiger partial charge is 0.487 e. The van der Waals surface area contributed by atoms with Crippen molar-refractivity contribution in [3.05, 3.63) is 48.2 Å². The molecule has 2 N–H and O–H groups in total. The fourth-order valence-electron chi connectivity index (χ4n) is 4.02. The first-order valence-electron chi connectivity index (χ1n) is 10.6. The smallest absolute Gasteiger partial charge is 0.407 e. The maximum Gasteiger partial charge on any atom is 0.407 e. The summed E-state index contributed by atoms with van der Waals surface area (Å²) >= 11 is 0. The van der Waals surface area contributed by atoms with Gasteiger partial charge >= 0.3 is 6.09 Å². The van der Waals surface area contributed by atoms with Crippen molar-refractivity contribution in [1.82, 2.24) is 34.3 Å². The van der Waals surface area contributed by atoms with Gasteiger partial charge in [0.1, 0.15) is 23.9 Å². The SMILES string of the molecule is Cc1cc(Nc2cc3cc(-c4c(OC[C@H]5CCN5C(=O)O)cnn4C)ccn3n2)nc(C)n1. The molecule has 11 heteroatoms. The van der Waals surface area contributed by atoms with Gasteiger partial charge in [-0.2, -0.15) is 10.2 Å². The van der Waals surface area contributed by atoms with E-state index in [0.29, 0.717) is 36.4 Å². The third-order valence-corrected chi connectivity index (χ3v) is 5.69. The molecule has 0 saturated carbocycles. The van der Waals surface area contributed by atoms with Crippen LogP contribution in [0.2, 0.25) is 0 Å². The highest BCUT2D eigenvalue weighted by molar-refractivity contribution is 5.73. The lowest BCUT2D eigenvalue weighted by molar-refractivity contribution is 0.0501. The third kappa shape index (κ3) is 4.04. The number of carbonyl (C=O) groups is 1. The summed E-state index contributed by atoms with van der Waals surface area (Å²) in [5.74, 6) is 2.67. The van der Waals surface area contributed by atoms with Gasteiger partial charge in [0.2, 0.25) is 0 Å². The third-order valence-electron chi connectivity index (χ3n) is 5.69. The van der Waals surface area contributed by atoms with E-state index in [2.05, 4.69) is 25.5 Å². The molecule has 33 heavy (non-hydrogen) atoms. The molecule has 1 atom stereocenters. The van der Waals surface area contributed by atoms with E-state index < -0.39 is 6.09 Å². The van der Waals surface area contributed by atoms with Crippen LogP contribution >= 0.6 is 0 Å². The molecular weight excluding hydrogens is 424 g/mol. The van der Waals surface area contributed by atoms with E-state index in [1.807, 2.05) is 51.4 Å². The lowest BCUT2D eigenvalue weighted by Crippen LogP contribution is -2.53. The Kier molecular flexibility index (Phi) is 5.08. The van der Waals surface area contributed by atoms with Gasteiger partial charge in [-0.15, -0.1) is 0 Å². The predicted molar refractivity (Wildman–Crippen MR) is 121 cm³/mol. The van der Waals surface area contributed by atoms with Crippen LogP contribution in [0.1, 0.15) is 17.9 Å². The minimum absolute atomic E-state index is 0.129. The molecule has 0 spiro atoms. The predicted octanol–water partition coefficient (Wildman–Crippen LogP) is 3.02. The first-order valence-corrected chi connectivity index (χ1v) is 10.6. The zero-order valence-electron chi connectivity index (χ0n) is 18.6. The molecule has 1 aliphatic heterocycles. The van der Waals surface area contributed by atoms with E-state index in [-0.39, 0.29) is 6.04 Å². The quantitative estimate of drug-likeness (QED) is 0.461. The van der Waals surface area contributed by atoms with Crippen molar-refractivity contribution in [3.8, 4) is 17.0 Å². The number of nitrogens with one attached hydrogen (secondary N) is 1. The van der Waals surface area contributed by atoms with Gasteiger partial charge in [-0.3, -0.25) is 4.68 Å². The second-order valence-corrected chi connectivity index (χ2v) is 8.09. The molecule has 1 fully saturated rings. The van der Waals surface area contributed by atoms with Crippen molar-refractivity contribution in [2.45, 2.75) is 26.3 Å².